The molecule has 1 atom stereocenters. The molecule has 0 N–H and O–H groups in total. The van der Waals surface area contributed by atoms with E-state index >= 15 is 0 Å². The number of ether oxygens (including phenoxy) is 2. The molecule has 0 spiro atoms. The summed E-state index contributed by atoms with van der Waals surface area (Å²) in [5.74, 6) is 0.125. The predicted molar refractivity (Wildman–Crippen MR) is 78.6 cm³/mol. The van der Waals surface area contributed by atoms with Crippen LogP contribution in [0, 0.1) is 11.6 Å². The van der Waals surface area contributed by atoms with Gasteiger partial charge < -0.3 is 9.47 Å². The van der Waals surface area contributed by atoms with Gasteiger partial charge in [-0.25, -0.2) is 8.78 Å². The second kappa shape index (κ2) is 6.54. The van der Waals surface area contributed by atoms with Crippen molar-refractivity contribution in [3.63, 3.8) is 0 Å². The molecule has 6 heteroatoms. The lowest BCUT2D eigenvalue weighted by Crippen LogP contribution is -2.14. The summed E-state index contributed by atoms with van der Waals surface area (Å²) in [4.78, 5) is 0. The van der Waals surface area contributed by atoms with E-state index in [0.717, 1.165) is 0 Å². The van der Waals surface area contributed by atoms with Gasteiger partial charge in [-0.3, -0.25) is 4.21 Å². The standard InChI is InChI=1S/C16H14F2O3S/c17-14-3-1-2-11(4-14)8-22(19)9-13-6-15(18)5-12-7-20-10-21-16(12)13/h1-6H,7-10H2/t22-/m1/s1. The number of hydrogen-bond donors (Lipinski definition) is 0. The Morgan fingerprint density at radius 1 is 1.09 bits per heavy atom. The van der Waals surface area contributed by atoms with Crippen molar-refractivity contribution in [2.75, 3.05) is 6.79 Å². The second-order valence-corrected chi connectivity index (χ2v) is 6.48. The third-order valence-corrected chi connectivity index (χ3v) is 4.57. The Kier molecular flexibility index (Phi) is 4.49. The smallest absolute Gasteiger partial charge is 0.189 e. The topological polar surface area (TPSA) is 35.5 Å². The average Bonchev–Trinajstić information content (AvgIpc) is 2.47. The molecule has 1 aliphatic heterocycles. The molecule has 2 aromatic rings. The van der Waals surface area contributed by atoms with Crippen molar-refractivity contribution >= 4 is 10.8 Å². The molecule has 0 fully saturated rings. The molecule has 22 heavy (non-hydrogen) atoms. The fourth-order valence-corrected chi connectivity index (χ4v) is 3.62. The molecule has 0 amide bonds. The van der Waals surface area contributed by atoms with Crippen LogP contribution >= 0.6 is 0 Å². The van der Waals surface area contributed by atoms with Crippen LogP contribution < -0.4 is 4.74 Å². The highest BCUT2D eigenvalue weighted by molar-refractivity contribution is 7.83. The first-order chi connectivity index (χ1) is 10.6. The number of hydrogen-bond acceptors (Lipinski definition) is 3. The first kappa shape index (κ1) is 15.1. The molecule has 0 aliphatic carbocycles. The Bertz CT molecular complexity index is 719. The summed E-state index contributed by atoms with van der Waals surface area (Å²) < 4.78 is 49.5. The lowest BCUT2D eigenvalue weighted by Gasteiger charge is -2.20. The third-order valence-electron chi connectivity index (χ3n) is 3.28. The van der Waals surface area contributed by atoms with Crippen LogP contribution in [0.5, 0.6) is 5.75 Å². The second-order valence-electron chi connectivity index (χ2n) is 5.02. The van der Waals surface area contributed by atoms with Crippen LogP contribution in [-0.4, -0.2) is 11.0 Å². The highest BCUT2D eigenvalue weighted by Crippen LogP contribution is 2.30. The van der Waals surface area contributed by atoms with Gasteiger partial charge in [0.1, 0.15) is 17.4 Å². The third kappa shape index (κ3) is 3.51. The first-order valence-corrected chi connectivity index (χ1v) is 8.22. The quantitative estimate of drug-likeness (QED) is 0.866. The molecule has 116 valence electrons. The monoisotopic (exact) mass is 324 g/mol. The minimum absolute atomic E-state index is 0.0994. The van der Waals surface area contributed by atoms with E-state index in [1.54, 1.807) is 12.1 Å². The summed E-state index contributed by atoms with van der Waals surface area (Å²) in [7, 11) is -1.29. The molecular formula is C16H14F2O3S. The SMILES string of the molecule is O=[S@](Cc1cccc(F)c1)Cc1cc(F)cc2c1OCOC2. The summed E-state index contributed by atoms with van der Waals surface area (Å²) in [6, 6.07) is 8.66. The van der Waals surface area contributed by atoms with Gasteiger partial charge in [0, 0.05) is 27.7 Å². The van der Waals surface area contributed by atoms with Gasteiger partial charge in [0.25, 0.3) is 0 Å². The molecule has 3 nitrogen and oxygen atoms in total. The fraction of sp³-hybridized carbons (Fsp3) is 0.250. The molecule has 3 rings (SSSR count). The maximum atomic E-state index is 13.6. The molecule has 0 unspecified atom stereocenters. The summed E-state index contributed by atoms with van der Waals surface area (Å²) in [6.45, 7) is 0.374. The van der Waals surface area contributed by atoms with E-state index in [1.807, 2.05) is 0 Å². The number of rotatable bonds is 4. The molecule has 0 radical (unpaired) electrons. The van der Waals surface area contributed by atoms with Gasteiger partial charge in [-0.05, 0) is 29.8 Å². The number of benzene rings is 2. The van der Waals surface area contributed by atoms with Crippen LogP contribution in [0.3, 0.4) is 0 Å². The van der Waals surface area contributed by atoms with Crippen LogP contribution in [0.4, 0.5) is 8.78 Å². The molecule has 0 saturated heterocycles. The van der Waals surface area contributed by atoms with Crippen molar-refractivity contribution in [1.82, 2.24) is 0 Å². The van der Waals surface area contributed by atoms with Crippen LogP contribution in [0.25, 0.3) is 0 Å². The predicted octanol–water partition coefficient (Wildman–Crippen LogP) is 3.28. The first-order valence-electron chi connectivity index (χ1n) is 6.73. The Labute approximate surface area is 129 Å². The van der Waals surface area contributed by atoms with Gasteiger partial charge >= 0.3 is 0 Å². The zero-order chi connectivity index (χ0) is 15.5. The summed E-state index contributed by atoms with van der Waals surface area (Å²) >= 11 is 0. The van der Waals surface area contributed by atoms with Crippen LogP contribution in [0.2, 0.25) is 0 Å². The van der Waals surface area contributed by atoms with E-state index in [9.17, 15) is 13.0 Å². The van der Waals surface area contributed by atoms with Gasteiger partial charge in [-0.1, -0.05) is 12.1 Å². The lowest BCUT2D eigenvalue weighted by molar-refractivity contribution is -0.0171. The highest BCUT2D eigenvalue weighted by Gasteiger charge is 2.18. The lowest BCUT2D eigenvalue weighted by atomic mass is 10.1. The minimum Gasteiger partial charge on any atom is -0.467 e. The molecule has 2 aromatic carbocycles. The van der Waals surface area contributed by atoms with Gasteiger partial charge in [-0.15, -0.1) is 0 Å². The highest BCUT2D eigenvalue weighted by atomic mass is 32.2. The minimum atomic E-state index is -1.29. The summed E-state index contributed by atoms with van der Waals surface area (Å²) in [5.41, 5.74) is 1.81. The van der Waals surface area contributed by atoms with Crippen molar-refractivity contribution in [2.45, 2.75) is 18.1 Å². The van der Waals surface area contributed by atoms with Crippen molar-refractivity contribution in [1.29, 1.82) is 0 Å². The van der Waals surface area contributed by atoms with Crippen molar-refractivity contribution in [2.24, 2.45) is 0 Å². The van der Waals surface area contributed by atoms with E-state index in [1.165, 1.54) is 24.3 Å². The molecule has 1 heterocycles. The van der Waals surface area contributed by atoms with E-state index in [2.05, 4.69) is 0 Å². The van der Waals surface area contributed by atoms with Crippen molar-refractivity contribution in [3.8, 4) is 5.75 Å². The number of fused-ring (bicyclic) bond motifs is 1. The number of halogens is 2. The normalized spacial score (nSPS) is 15.0. The molecule has 1 aliphatic rings. The Morgan fingerprint density at radius 3 is 2.77 bits per heavy atom. The van der Waals surface area contributed by atoms with Gasteiger partial charge in [-0.2, -0.15) is 0 Å². The van der Waals surface area contributed by atoms with Crippen LogP contribution in [-0.2, 0) is 33.6 Å². The molecule has 0 saturated carbocycles. The maximum Gasteiger partial charge on any atom is 0.189 e. The fourth-order valence-electron chi connectivity index (χ4n) is 2.40. The van der Waals surface area contributed by atoms with Gasteiger partial charge in [0.2, 0.25) is 0 Å². The van der Waals surface area contributed by atoms with E-state index in [4.69, 9.17) is 9.47 Å². The average molecular weight is 324 g/mol. The zero-order valence-electron chi connectivity index (χ0n) is 11.7. The molecular weight excluding hydrogens is 310 g/mol. The van der Waals surface area contributed by atoms with E-state index < -0.39 is 16.6 Å². The van der Waals surface area contributed by atoms with Crippen molar-refractivity contribution in [3.05, 3.63) is 64.7 Å². The van der Waals surface area contributed by atoms with Gasteiger partial charge in [0.15, 0.2) is 6.79 Å². The molecule has 0 aromatic heterocycles. The van der Waals surface area contributed by atoms with Crippen LogP contribution in [0.15, 0.2) is 36.4 Å². The Balaban J connectivity index is 1.78. The summed E-state index contributed by atoms with van der Waals surface area (Å²) in [6.07, 6.45) is 0. The van der Waals surface area contributed by atoms with E-state index in [-0.39, 0.29) is 30.7 Å². The zero-order valence-corrected chi connectivity index (χ0v) is 12.5. The van der Waals surface area contributed by atoms with Crippen LogP contribution in [0.1, 0.15) is 16.7 Å². The van der Waals surface area contributed by atoms with Gasteiger partial charge in [0.05, 0.1) is 12.4 Å². The Hall–Kier alpha value is -1.79. The summed E-state index contributed by atoms with van der Waals surface area (Å²) in [5, 5.41) is 0. The van der Waals surface area contributed by atoms with Crippen molar-refractivity contribution < 1.29 is 22.5 Å². The molecule has 0 bridgehead atoms. The Morgan fingerprint density at radius 2 is 1.95 bits per heavy atom. The van der Waals surface area contributed by atoms with E-state index in [0.29, 0.717) is 22.4 Å². The maximum absolute atomic E-state index is 13.6. The largest absolute Gasteiger partial charge is 0.467 e.